The van der Waals surface area contributed by atoms with Gasteiger partial charge in [0.1, 0.15) is 21.6 Å². The molecule has 1 aliphatic rings. The van der Waals surface area contributed by atoms with Crippen molar-refractivity contribution in [2.24, 2.45) is 0 Å². The second kappa shape index (κ2) is 6.10. The largest absolute Gasteiger partial charge is 0.223 e. The number of sulfone groups is 1. The van der Waals surface area contributed by atoms with Crippen LogP contribution >= 0.6 is 22.9 Å². The Morgan fingerprint density at radius 1 is 1.08 bits per heavy atom. The molecule has 4 rings (SSSR count). The Labute approximate surface area is 149 Å². The van der Waals surface area contributed by atoms with Crippen molar-refractivity contribution in [3.8, 4) is 0 Å². The third kappa shape index (κ3) is 2.83. The van der Waals surface area contributed by atoms with Gasteiger partial charge in [-0.1, -0.05) is 29.8 Å². The van der Waals surface area contributed by atoms with E-state index < -0.39 is 9.84 Å². The molecule has 0 spiro atoms. The zero-order valence-corrected chi connectivity index (χ0v) is 15.2. The van der Waals surface area contributed by atoms with Gasteiger partial charge >= 0.3 is 0 Å². The van der Waals surface area contributed by atoms with Crippen molar-refractivity contribution in [3.63, 3.8) is 0 Å². The number of nitrogens with zero attached hydrogens (tertiary/aromatic N) is 2. The summed E-state index contributed by atoms with van der Waals surface area (Å²) in [5.74, 6) is 0.0184. The number of hydrogen-bond acceptors (Lipinski definition) is 5. The van der Waals surface area contributed by atoms with Gasteiger partial charge in [-0.2, -0.15) is 0 Å². The minimum atomic E-state index is -3.48. The van der Waals surface area contributed by atoms with Gasteiger partial charge < -0.3 is 0 Å². The fourth-order valence-electron chi connectivity index (χ4n) is 3.10. The Morgan fingerprint density at radius 2 is 1.83 bits per heavy atom. The zero-order chi connectivity index (χ0) is 16.7. The molecule has 0 radical (unpaired) electrons. The first kappa shape index (κ1) is 16.0. The third-order valence-corrected chi connectivity index (χ3v) is 7.33. The molecule has 0 atom stereocenters. The molecule has 7 heteroatoms. The molecule has 1 aliphatic carbocycles. The Hall–Kier alpha value is -1.50. The number of fused-ring (bicyclic) bond motifs is 3. The minimum Gasteiger partial charge on any atom is -0.223 e. The highest BCUT2D eigenvalue weighted by Crippen LogP contribution is 2.38. The van der Waals surface area contributed by atoms with Crippen molar-refractivity contribution in [3.05, 3.63) is 51.7 Å². The topological polar surface area (TPSA) is 59.9 Å². The zero-order valence-electron chi connectivity index (χ0n) is 12.8. The summed E-state index contributed by atoms with van der Waals surface area (Å²) in [6.45, 7) is 0. The van der Waals surface area contributed by atoms with Crippen LogP contribution < -0.4 is 0 Å². The molecule has 0 N–H and O–H groups in total. The lowest BCUT2D eigenvalue weighted by atomic mass is 9.97. The lowest BCUT2D eigenvalue weighted by molar-refractivity contribution is 0.594. The summed E-state index contributed by atoms with van der Waals surface area (Å²) >= 11 is 8.00. The maximum Gasteiger partial charge on any atom is 0.185 e. The molecule has 124 valence electrons. The van der Waals surface area contributed by atoms with Gasteiger partial charge in [-0.3, -0.25) is 0 Å². The van der Waals surface area contributed by atoms with Crippen LogP contribution in [0.25, 0.3) is 10.2 Å². The number of hydrogen-bond donors (Lipinski definition) is 0. The number of rotatable bonds is 3. The summed E-state index contributed by atoms with van der Waals surface area (Å²) in [5.41, 5.74) is 1.25. The quantitative estimate of drug-likeness (QED) is 0.641. The lowest BCUT2D eigenvalue weighted by Gasteiger charge is -2.10. The molecule has 4 nitrogen and oxygen atoms in total. The second-order valence-corrected chi connectivity index (χ2v) is 9.33. The van der Waals surface area contributed by atoms with Crippen LogP contribution in [0.1, 0.15) is 29.1 Å². The summed E-state index contributed by atoms with van der Waals surface area (Å²) in [7, 11) is -3.48. The van der Waals surface area contributed by atoms with Crippen LogP contribution in [0.5, 0.6) is 0 Å². The molecular weight excluding hydrogens is 364 g/mol. The third-order valence-electron chi connectivity index (χ3n) is 4.24. The molecule has 0 unspecified atom stereocenters. The molecule has 0 aliphatic heterocycles. The maximum atomic E-state index is 12.5. The van der Waals surface area contributed by atoms with Crippen LogP contribution in [-0.2, 0) is 28.4 Å². The first-order chi connectivity index (χ1) is 11.5. The van der Waals surface area contributed by atoms with E-state index in [0.29, 0.717) is 5.15 Å². The Kier molecular flexibility index (Phi) is 4.06. The van der Waals surface area contributed by atoms with Crippen molar-refractivity contribution < 1.29 is 8.42 Å². The Balaban J connectivity index is 1.76. The van der Waals surface area contributed by atoms with Crippen molar-refractivity contribution in [2.45, 2.75) is 36.3 Å². The summed E-state index contributed by atoms with van der Waals surface area (Å²) < 4.78 is 25.0. The molecule has 0 saturated carbocycles. The van der Waals surface area contributed by atoms with E-state index >= 15 is 0 Å². The van der Waals surface area contributed by atoms with E-state index in [0.717, 1.165) is 29.5 Å². The SMILES string of the molecule is O=S(=O)(Cc1nc(Cl)c2c3c(sc2n1)CCCC3)c1ccccc1. The fraction of sp³-hybridized carbons (Fsp3) is 0.294. The number of aryl methyl sites for hydroxylation is 2. The number of halogens is 1. The van der Waals surface area contributed by atoms with Crippen LogP contribution in [0, 0.1) is 0 Å². The minimum absolute atomic E-state index is 0.241. The molecule has 24 heavy (non-hydrogen) atoms. The van der Waals surface area contributed by atoms with Crippen molar-refractivity contribution >= 4 is 43.0 Å². The van der Waals surface area contributed by atoms with Crippen LogP contribution in [0.4, 0.5) is 0 Å². The van der Waals surface area contributed by atoms with Crippen LogP contribution in [0.3, 0.4) is 0 Å². The molecule has 1 aromatic carbocycles. The highest BCUT2D eigenvalue weighted by Gasteiger charge is 2.22. The smallest absolute Gasteiger partial charge is 0.185 e. The van der Waals surface area contributed by atoms with Crippen LogP contribution in [-0.4, -0.2) is 18.4 Å². The number of thiophene rings is 1. The van der Waals surface area contributed by atoms with Gasteiger partial charge in [0.05, 0.1) is 10.3 Å². The van der Waals surface area contributed by atoms with Gasteiger partial charge in [0.25, 0.3) is 0 Å². The van der Waals surface area contributed by atoms with Gasteiger partial charge in [-0.05, 0) is 43.4 Å². The summed E-state index contributed by atoms with van der Waals surface area (Å²) in [5, 5.41) is 1.29. The van der Waals surface area contributed by atoms with E-state index in [-0.39, 0.29) is 16.5 Å². The van der Waals surface area contributed by atoms with E-state index in [1.54, 1.807) is 41.7 Å². The van der Waals surface area contributed by atoms with E-state index in [4.69, 9.17) is 11.6 Å². The first-order valence-corrected chi connectivity index (χ1v) is 10.6. The molecule has 2 aromatic heterocycles. The predicted molar refractivity (Wildman–Crippen MR) is 96.4 cm³/mol. The van der Waals surface area contributed by atoms with E-state index in [1.807, 2.05) is 0 Å². The molecule has 0 bridgehead atoms. The van der Waals surface area contributed by atoms with Gasteiger partial charge in [0, 0.05) is 4.88 Å². The molecule has 3 aromatic rings. The first-order valence-electron chi connectivity index (χ1n) is 7.79. The van der Waals surface area contributed by atoms with Gasteiger partial charge in [0.15, 0.2) is 9.84 Å². The van der Waals surface area contributed by atoms with Gasteiger partial charge in [-0.25, -0.2) is 18.4 Å². The average molecular weight is 379 g/mol. The number of aromatic nitrogens is 2. The van der Waals surface area contributed by atoms with Crippen molar-refractivity contribution in [1.82, 2.24) is 9.97 Å². The van der Waals surface area contributed by atoms with Gasteiger partial charge in [-0.15, -0.1) is 11.3 Å². The average Bonchev–Trinajstić information content (AvgIpc) is 2.94. The predicted octanol–water partition coefficient (Wildman–Crippen LogP) is 4.20. The molecule has 0 saturated heterocycles. The second-order valence-electron chi connectivity index (χ2n) is 5.89. The fourth-order valence-corrected chi connectivity index (χ4v) is 5.94. The van der Waals surface area contributed by atoms with Crippen LogP contribution in [0.15, 0.2) is 35.2 Å². The normalized spacial score (nSPS) is 14.7. The standard InChI is InChI=1S/C17H15ClN2O2S2/c18-16-15-12-8-4-5-9-13(12)23-17(15)20-14(19-16)10-24(21,22)11-6-2-1-3-7-11/h1-3,6-7H,4-5,8-10H2. The summed E-state index contributed by atoms with van der Waals surface area (Å²) in [4.78, 5) is 11.2. The molecule has 0 amide bonds. The summed E-state index contributed by atoms with van der Waals surface area (Å²) in [6, 6.07) is 8.36. The Morgan fingerprint density at radius 3 is 2.62 bits per heavy atom. The summed E-state index contributed by atoms with van der Waals surface area (Å²) in [6.07, 6.45) is 4.38. The lowest BCUT2D eigenvalue weighted by Crippen LogP contribution is -2.08. The highest BCUT2D eigenvalue weighted by molar-refractivity contribution is 7.90. The van der Waals surface area contributed by atoms with E-state index in [9.17, 15) is 8.42 Å². The van der Waals surface area contributed by atoms with Crippen LogP contribution in [0.2, 0.25) is 5.15 Å². The molecular formula is C17H15ClN2O2S2. The monoisotopic (exact) mass is 378 g/mol. The van der Waals surface area contributed by atoms with E-state index in [2.05, 4.69) is 9.97 Å². The van der Waals surface area contributed by atoms with Crippen molar-refractivity contribution in [2.75, 3.05) is 0 Å². The number of benzene rings is 1. The Bertz CT molecular complexity index is 1010. The highest BCUT2D eigenvalue weighted by atomic mass is 35.5. The molecule has 2 heterocycles. The molecule has 0 fully saturated rings. The maximum absolute atomic E-state index is 12.5. The van der Waals surface area contributed by atoms with Crippen molar-refractivity contribution in [1.29, 1.82) is 0 Å². The van der Waals surface area contributed by atoms with Gasteiger partial charge in [0.2, 0.25) is 0 Å². The van der Waals surface area contributed by atoms with E-state index in [1.165, 1.54) is 16.9 Å².